The Morgan fingerprint density at radius 3 is 2.20 bits per heavy atom. The second kappa shape index (κ2) is 13.1. The molecule has 1 N–H and O–H groups in total. The Labute approximate surface area is 246 Å². The predicted octanol–water partition coefficient (Wildman–Crippen LogP) is 5.97. The number of sulfonamides is 1. The Balaban J connectivity index is 1.69. The van der Waals surface area contributed by atoms with Crippen LogP contribution in [0.2, 0.25) is 10.0 Å². The summed E-state index contributed by atoms with van der Waals surface area (Å²) in [6, 6.07) is 19.1. The van der Waals surface area contributed by atoms with E-state index in [9.17, 15) is 18.0 Å². The molecule has 0 spiro atoms. The molecule has 1 aliphatic rings. The zero-order valence-corrected chi connectivity index (χ0v) is 24.8. The van der Waals surface area contributed by atoms with Crippen LogP contribution in [0, 0.1) is 6.92 Å². The molecular formula is C30H33Cl2N3O4S. The molecule has 0 unspecified atom stereocenters. The van der Waals surface area contributed by atoms with Crippen molar-refractivity contribution in [2.24, 2.45) is 0 Å². The molecule has 0 saturated heterocycles. The number of carbonyl (C=O) groups is 2. The number of nitrogens with zero attached hydrogens (tertiary/aromatic N) is 2. The molecule has 1 aliphatic carbocycles. The fraction of sp³-hybridized carbons (Fsp3) is 0.333. The minimum absolute atomic E-state index is 0.0297. The summed E-state index contributed by atoms with van der Waals surface area (Å²) < 4.78 is 28.8. The lowest BCUT2D eigenvalue weighted by Crippen LogP contribution is -2.52. The van der Waals surface area contributed by atoms with Crippen LogP contribution in [0.3, 0.4) is 0 Å². The second-order valence-corrected chi connectivity index (χ2v) is 12.8. The first-order valence-corrected chi connectivity index (χ1v) is 15.4. The SMILES string of the molecule is Cc1ccc(S(=O)(=O)N(CC(=O)N(Cc2ccc(Cl)cc2)[C@@H](C)C(=O)NC2CCCC2)c2ccccc2Cl)cc1. The fourth-order valence-electron chi connectivity index (χ4n) is 4.77. The molecular weight excluding hydrogens is 569 g/mol. The lowest BCUT2D eigenvalue weighted by Gasteiger charge is -2.32. The van der Waals surface area contributed by atoms with Gasteiger partial charge >= 0.3 is 0 Å². The first kappa shape index (κ1) is 29.9. The maximum Gasteiger partial charge on any atom is 0.264 e. The fourth-order valence-corrected chi connectivity index (χ4v) is 6.61. The van der Waals surface area contributed by atoms with Crippen molar-refractivity contribution < 1.29 is 18.0 Å². The lowest BCUT2D eigenvalue weighted by atomic mass is 10.1. The maximum atomic E-state index is 14.0. The van der Waals surface area contributed by atoms with Gasteiger partial charge < -0.3 is 10.2 Å². The molecule has 1 atom stereocenters. The van der Waals surface area contributed by atoms with Gasteiger partial charge in [-0.2, -0.15) is 0 Å². The van der Waals surface area contributed by atoms with Crippen molar-refractivity contribution >= 4 is 50.7 Å². The number of nitrogens with one attached hydrogen (secondary N) is 1. The van der Waals surface area contributed by atoms with Crippen LogP contribution in [0.25, 0.3) is 0 Å². The van der Waals surface area contributed by atoms with Gasteiger partial charge in [0.05, 0.1) is 15.6 Å². The Morgan fingerprint density at radius 1 is 0.950 bits per heavy atom. The van der Waals surface area contributed by atoms with Crippen LogP contribution < -0.4 is 9.62 Å². The summed E-state index contributed by atoms with van der Waals surface area (Å²) in [6.45, 7) is 3.07. The first-order valence-electron chi connectivity index (χ1n) is 13.2. The maximum absolute atomic E-state index is 14.0. The van der Waals surface area contributed by atoms with Crippen molar-refractivity contribution in [1.29, 1.82) is 0 Å². The van der Waals surface area contributed by atoms with E-state index in [1.807, 2.05) is 6.92 Å². The van der Waals surface area contributed by atoms with Crippen molar-refractivity contribution in [1.82, 2.24) is 10.2 Å². The van der Waals surface area contributed by atoms with Gasteiger partial charge in [-0.15, -0.1) is 0 Å². The normalized spacial score (nSPS) is 14.5. The predicted molar refractivity (Wildman–Crippen MR) is 159 cm³/mol. The number of hydrogen-bond acceptors (Lipinski definition) is 4. The number of aryl methyl sites for hydroxylation is 1. The topological polar surface area (TPSA) is 86.8 Å². The minimum Gasteiger partial charge on any atom is -0.352 e. The molecule has 0 bridgehead atoms. The highest BCUT2D eigenvalue weighted by atomic mass is 35.5. The van der Waals surface area contributed by atoms with Crippen molar-refractivity contribution in [2.45, 2.75) is 63.1 Å². The van der Waals surface area contributed by atoms with Crippen LogP contribution in [0.1, 0.15) is 43.7 Å². The number of para-hydroxylation sites is 1. The summed E-state index contributed by atoms with van der Waals surface area (Å²) in [6.07, 6.45) is 3.91. The van der Waals surface area contributed by atoms with Crippen molar-refractivity contribution in [2.75, 3.05) is 10.8 Å². The van der Waals surface area contributed by atoms with Gasteiger partial charge in [-0.3, -0.25) is 13.9 Å². The minimum atomic E-state index is -4.18. The average Bonchev–Trinajstić information content (AvgIpc) is 3.44. The Bertz CT molecular complexity index is 1440. The van der Waals surface area contributed by atoms with E-state index in [4.69, 9.17) is 23.2 Å². The highest BCUT2D eigenvalue weighted by molar-refractivity contribution is 7.92. The Hall–Kier alpha value is -3.07. The van der Waals surface area contributed by atoms with Gasteiger partial charge in [0, 0.05) is 17.6 Å². The van der Waals surface area contributed by atoms with E-state index in [1.54, 1.807) is 67.6 Å². The van der Waals surface area contributed by atoms with Crippen molar-refractivity contribution in [3.8, 4) is 0 Å². The number of carbonyl (C=O) groups excluding carboxylic acids is 2. The first-order chi connectivity index (χ1) is 19.1. The van der Waals surface area contributed by atoms with Crippen molar-refractivity contribution in [3.63, 3.8) is 0 Å². The van der Waals surface area contributed by atoms with Crippen LogP contribution in [0.4, 0.5) is 5.69 Å². The van der Waals surface area contributed by atoms with Gasteiger partial charge in [0.2, 0.25) is 11.8 Å². The van der Waals surface area contributed by atoms with Crippen molar-refractivity contribution in [3.05, 3.63) is 94.0 Å². The number of hydrogen-bond donors (Lipinski definition) is 1. The molecule has 0 heterocycles. The van der Waals surface area contributed by atoms with Gasteiger partial charge in [0.25, 0.3) is 10.0 Å². The molecule has 3 aromatic rings. The molecule has 1 fully saturated rings. The van der Waals surface area contributed by atoms with Gasteiger partial charge in [-0.25, -0.2) is 8.42 Å². The quantitative estimate of drug-likeness (QED) is 0.310. The lowest BCUT2D eigenvalue weighted by molar-refractivity contribution is -0.139. The van der Waals surface area contributed by atoms with Gasteiger partial charge in [0.1, 0.15) is 12.6 Å². The molecule has 10 heteroatoms. The summed E-state index contributed by atoms with van der Waals surface area (Å²) in [7, 11) is -4.18. The molecule has 212 valence electrons. The summed E-state index contributed by atoms with van der Waals surface area (Å²) in [5.41, 5.74) is 1.83. The Morgan fingerprint density at radius 2 is 1.57 bits per heavy atom. The highest BCUT2D eigenvalue weighted by Crippen LogP contribution is 2.31. The third kappa shape index (κ3) is 7.16. The van der Waals surface area contributed by atoms with E-state index in [-0.39, 0.29) is 34.1 Å². The van der Waals surface area contributed by atoms with E-state index in [2.05, 4.69) is 5.32 Å². The third-order valence-corrected chi connectivity index (χ3v) is 9.49. The van der Waals surface area contributed by atoms with Crippen LogP contribution in [-0.2, 0) is 26.2 Å². The van der Waals surface area contributed by atoms with Crippen LogP contribution in [0.15, 0.2) is 77.7 Å². The van der Waals surface area contributed by atoms with E-state index in [0.717, 1.165) is 41.1 Å². The van der Waals surface area contributed by atoms with Crippen LogP contribution in [0.5, 0.6) is 0 Å². The molecule has 0 aliphatic heterocycles. The van der Waals surface area contributed by atoms with E-state index in [1.165, 1.54) is 17.0 Å². The monoisotopic (exact) mass is 601 g/mol. The molecule has 0 aromatic heterocycles. The smallest absolute Gasteiger partial charge is 0.264 e. The van der Waals surface area contributed by atoms with E-state index < -0.39 is 28.5 Å². The summed E-state index contributed by atoms with van der Waals surface area (Å²) in [5, 5.41) is 3.78. The van der Waals surface area contributed by atoms with Gasteiger partial charge in [-0.1, -0.05) is 78.0 Å². The van der Waals surface area contributed by atoms with Gasteiger partial charge in [-0.05, 0) is 68.7 Å². The zero-order chi connectivity index (χ0) is 28.9. The number of rotatable bonds is 10. The molecule has 3 aromatic carbocycles. The van der Waals surface area contributed by atoms with E-state index in [0.29, 0.717) is 5.02 Å². The van der Waals surface area contributed by atoms with Crippen LogP contribution >= 0.6 is 23.2 Å². The molecule has 2 amide bonds. The summed E-state index contributed by atoms with van der Waals surface area (Å²) in [4.78, 5) is 28.7. The molecule has 1 saturated carbocycles. The zero-order valence-electron chi connectivity index (χ0n) is 22.5. The van der Waals surface area contributed by atoms with Crippen LogP contribution in [-0.4, -0.2) is 43.8 Å². The standard InChI is InChI=1S/C30H33Cl2N3O4S/c1-21-11-17-26(18-12-21)40(38,39)35(28-10-6-5-9-27(28)32)20-29(36)34(19-23-13-15-24(31)16-14-23)22(2)30(37)33-25-7-3-4-8-25/h5-6,9-18,22,25H,3-4,7-8,19-20H2,1-2H3,(H,33,37)/t22-/m0/s1. The molecule has 40 heavy (non-hydrogen) atoms. The Kier molecular flexibility index (Phi) is 9.77. The van der Waals surface area contributed by atoms with E-state index >= 15 is 0 Å². The molecule has 4 rings (SSSR count). The molecule has 7 nitrogen and oxygen atoms in total. The second-order valence-electron chi connectivity index (χ2n) is 10.1. The van der Waals surface area contributed by atoms with Gasteiger partial charge in [0.15, 0.2) is 0 Å². The summed E-state index contributed by atoms with van der Waals surface area (Å²) >= 11 is 12.5. The summed E-state index contributed by atoms with van der Waals surface area (Å²) in [5.74, 6) is -0.820. The third-order valence-electron chi connectivity index (χ3n) is 7.14. The number of benzene rings is 3. The highest BCUT2D eigenvalue weighted by Gasteiger charge is 2.34. The largest absolute Gasteiger partial charge is 0.352 e. The number of amides is 2. The average molecular weight is 603 g/mol. The number of halogens is 2. The number of anilines is 1. The molecule has 0 radical (unpaired) electrons.